The van der Waals surface area contributed by atoms with Gasteiger partial charge in [0.15, 0.2) is 9.84 Å². The summed E-state index contributed by atoms with van der Waals surface area (Å²) >= 11 is 5.95. The molecule has 2 aliphatic heterocycles. The van der Waals surface area contributed by atoms with E-state index in [0.717, 1.165) is 12.0 Å². The first-order chi connectivity index (χ1) is 16.8. The number of benzene rings is 3. The van der Waals surface area contributed by atoms with E-state index in [1.165, 1.54) is 5.56 Å². The molecular formula is C26H24ClN3O4S. The molecule has 3 aromatic rings. The van der Waals surface area contributed by atoms with E-state index < -0.39 is 21.8 Å². The monoisotopic (exact) mass is 509 g/mol. The molecule has 0 unspecified atom stereocenters. The van der Waals surface area contributed by atoms with Crippen molar-refractivity contribution in [2.24, 2.45) is 0 Å². The highest BCUT2D eigenvalue weighted by atomic mass is 35.5. The summed E-state index contributed by atoms with van der Waals surface area (Å²) in [5, 5.41) is 6.24. The van der Waals surface area contributed by atoms with E-state index >= 15 is 0 Å². The summed E-state index contributed by atoms with van der Waals surface area (Å²) in [6, 6.07) is 18.9. The van der Waals surface area contributed by atoms with Gasteiger partial charge in [-0.1, -0.05) is 48.0 Å². The predicted molar refractivity (Wildman–Crippen MR) is 136 cm³/mol. The van der Waals surface area contributed by atoms with Crippen LogP contribution in [0.5, 0.6) is 0 Å². The molecule has 0 fully saturated rings. The van der Waals surface area contributed by atoms with Gasteiger partial charge >= 0.3 is 0 Å². The van der Waals surface area contributed by atoms with E-state index in [0.29, 0.717) is 40.6 Å². The third-order valence-corrected chi connectivity index (χ3v) is 8.13. The molecule has 0 radical (unpaired) electrons. The fourth-order valence-electron chi connectivity index (χ4n) is 4.54. The molecule has 2 heterocycles. The van der Waals surface area contributed by atoms with E-state index in [1.807, 2.05) is 18.2 Å². The molecular weight excluding hydrogens is 486 g/mol. The van der Waals surface area contributed by atoms with Gasteiger partial charge in [0.25, 0.3) is 5.91 Å². The predicted octanol–water partition coefficient (Wildman–Crippen LogP) is 3.89. The fourth-order valence-corrected chi connectivity index (χ4v) is 6.30. The van der Waals surface area contributed by atoms with Gasteiger partial charge in [-0.05, 0) is 53.4 Å². The average molecular weight is 510 g/mol. The molecule has 7 nitrogen and oxygen atoms in total. The Morgan fingerprint density at radius 2 is 1.80 bits per heavy atom. The lowest BCUT2D eigenvalue weighted by Crippen LogP contribution is -2.44. The van der Waals surface area contributed by atoms with Gasteiger partial charge in [-0.3, -0.25) is 9.59 Å². The van der Waals surface area contributed by atoms with Crippen LogP contribution in [-0.2, 0) is 33.4 Å². The van der Waals surface area contributed by atoms with Crippen LogP contribution in [0.2, 0.25) is 5.02 Å². The normalized spacial score (nSPS) is 17.1. The van der Waals surface area contributed by atoms with Gasteiger partial charge in [0, 0.05) is 23.7 Å². The zero-order valence-electron chi connectivity index (χ0n) is 18.8. The van der Waals surface area contributed by atoms with Gasteiger partial charge in [-0.25, -0.2) is 8.42 Å². The van der Waals surface area contributed by atoms with Crippen molar-refractivity contribution >= 4 is 44.6 Å². The number of anilines is 2. The molecule has 0 saturated carbocycles. The van der Waals surface area contributed by atoms with E-state index in [4.69, 9.17) is 11.6 Å². The first-order valence-electron chi connectivity index (χ1n) is 11.3. The number of fused-ring (bicyclic) bond motifs is 2. The Hall–Kier alpha value is -3.36. The van der Waals surface area contributed by atoms with Gasteiger partial charge in [0.2, 0.25) is 5.91 Å². The number of hydrogen-bond donors (Lipinski definition) is 2. The first-order valence-corrected chi connectivity index (χ1v) is 13.5. The highest BCUT2D eigenvalue weighted by molar-refractivity contribution is 7.90. The van der Waals surface area contributed by atoms with Gasteiger partial charge in [-0.2, -0.15) is 0 Å². The molecule has 0 spiro atoms. The van der Waals surface area contributed by atoms with E-state index in [-0.39, 0.29) is 17.4 Å². The minimum absolute atomic E-state index is 0.109. The number of halogens is 1. The van der Waals surface area contributed by atoms with Crippen LogP contribution in [-0.4, -0.2) is 43.5 Å². The quantitative estimate of drug-likeness (QED) is 0.544. The molecule has 2 N–H and O–H groups in total. The number of nitrogens with zero attached hydrogens (tertiary/aromatic N) is 1. The second-order valence-electron chi connectivity index (χ2n) is 8.88. The van der Waals surface area contributed by atoms with Crippen LogP contribution in [0.3, 0.4) is 0 Å². The van der Waals surface area contributed by atoms with Gasteiger partial charge in [-0.15, -0.1) is 0 Å². The summed E-state index contributed by atoms with van der Waals surface area (Å²) in [4.78, 5) is 27.6. The van der Waals surface area contributed by atoms with Crippen LogP contribution in [0.1, 0.15) is 27.0 Å². The van der Waals surface area contributed by atoms with Crippen molar-refractivity contribution in [2.45, 2.75) is 24.8 Å². The SMILES string of the molecule is O=C1Nc2cc(C(=O)N3CCc4ccccc4C3)ccc2N[C@H]1CS(=O)(=O)Cc1cccc(Cl)c1. The van der Waals surface area contributed by atoms with Crippen molar-refractivity contribution in [3.05, 3.63) is 94.0 Å². The number of carbonyl (C=O) groups excluding carboxylic acids is 2. The third-order valence-electron chi connectivity index (χ3n) is 6.28. The molecule has 0 saturated heterocycles. The summed E-state index contributed by atoms with van der Waals surface area (Å²) in [5.74, 6) is -1.14. The molecule has 0 aliphatic carbocycles. The number of carbonyl (C=O) groups is 2. The highest BCUT2D eigenvalue weighted by Gasteiger charge is 2.31. The zero-order chi connectivity index (χ0) is 24.6. The lowest BCUT2D eigenvalue weighted by atomic mass is 9.99. The summed E-state index contributed by atoms with van der Waals surface area (Å²) in [6.45, 7) is 1.17. The smallest absolute Gasteiger partial charge is 0.254 e. The van der Waals surface area contributed by atoms with Gasteiger partial charge in [0.05, 0.1) is 22.9 Å². The molecule has 9 heteroatoms. The first kappa shape index (κ1) is 23.4. The van der Waals surface area contributed by atoms with E-state index in [1.54, 1.807) is 47.4 Å². The van der Waals surface area contributed by atoms with Crippen LogP contribution in [0.25, 0.3) is 0 Å². The molecule has 180 valence electrons. The maximum absolute atomic E-state index is 13.1. The second kappa shape index (κ2) is 9.36. The van der Waals surface area contributed by atoms with Crippen LogP contribution in [0, 0.1) is 0 Å². The van der Waals surface area contributed by atoms with Gasteiger partial charge in [0.1, 0.15) is 6.04 Å². The number of rotatable bonds is 5. The van der Waals surface area contributed by atoms with Crippen molar-refractivity contribution in [2.75, 3.05) is 22.9 Å². The Bertz CT molecular complexity index is 1420. The summed E-state index contributed by atoms with van der Waals surface area (Å²) in [6.07, 6.45) is 0.802. The summed E-state index contributed by atoms with van der Waals surface area (Å²) in [7, 11) is -3.59. The minimum Gasteiger partial charge on any atom is -0.371 e. The molecule has 1 atom stereocenters. The third kappa shape index (κ3) is 5.18. The Morgan fingerprint density at radius 1 is 1.00 bits per heavy atom. The molecule has 35 heavy (non-hydrogen) atoms. The van der Waals surface area contributed by atoms with Crippen LogP contribution in [0.4, 0.5) is 11.4 Å². The van der Waals surface area contributed by atoms with E-state index in [9.17, 15) is 18.0 Å². The second-order valence-corrected chi connectivity index (χ2v) is 11.4. The fraction of sp³-hybridized carbons (Fsp3) is 0.231. The van der Waals surface area contributed by atoms with Gasteiger partial charge < -0.3 is 15.5 Å². The summed E-state index contributed by atoms with van der Waals surface area (Å²) < 4.78 is 25.5. The molecule has 0 aromatic heterocycles. The average Bonchev–Trinajstić information content (AvgIpc) is 2.83. The Kier molecular flexibility index (Phi) is 6.25. The zero-order valence-corrected chi connectivity index (χ0v) is 20.4. The minimum atomic E-state index is -3.59. The van der Waals surface area contributed by atoms with Crippen molar-refractivity contribution in [1.29, 1.82) is 0 Å². The maximum atomic E-state index is 13.1. The Balaban J connectivity index is 1.28. The van der Waals surface area contributed by atoms with Crippen molar-refractivity contribution < 1.29 is 18.0 Å². The van der Waals surface area contributed by atoms with Crippen LogP contribution in [0.15, 0.2) is 66.7 Å². The lowest BCUT2D eigenvalue weighted by Gasteiger charge is -2.30. The highest BCUT2D eigenvalue weighted by Crippen LogP contribution is 2.30. The molecule has 3 aromatic carbocycles. The number of amides is 2. The molecule has 2 amide bonds. The maximum Gasteiger partial charge on any atom is 0.254 e. The Morgan fingerprint density at radius 3 is 2.60 bits per heavy atom. The van der Waals surface area contributed by atoms with Crippen LogP contribution < -0.4 is 10.6 Å². The summed E-state index contributed by atoms with van der Waals surface area (Å²) in [5.41, 5.74) is 4.47. The van der Waals surface area contributed by atoms with Crippen molar-refractivity contribution in [1.82, 2.24) is 4.90 Å². The Labute approximate surface area is 209 Å². The molecule has 5 rings (SSSR count). The number of hydrogen-bond acceptors (Lipinski definition) is 5. The number of sulfone groups is 1. The molecule has 0 bridgehead atoms. The van der Waals surface area contributed by atoms with Crippen LogP contribution >= 0.6 is 11.6 Å². The van der Waals surface area contributed by atoms with E-state index in [2.05, 4.69) is 16.7 Å². The topological polar surface area (TPSA) is 95.6 Å². The largest absolute Gasteiger partial charge is 0.371 e. The standard InChI is InChI=1S/C26H24ClN3O4S/c27-21-7-3-4-17(12-21)15-35(33,34)16-24-25(31)29-23-13-19(8-9-22(23)28-24)26(32)30-11-10-18-5-1-2-6-20(18)14-30/h1-9,12-13,24,28H,10-11,14-16H2,(H,29,31)/t24-/m0/s1. The lowest BCUT2D eigenvalue weighted by molar-refractivity contribution is -0.116. The molecule has 2 aliphatic rings. The number of nitrogens with one attached hydrogen (secondary N) is 2. The van der Waals surface area contributed by atoms with Crippen molar-refractivity contribution in [3.63, 3.8) is 0 Å². The van der Waals surface area contributed by atoms with Crippen molar-refractivity contribution in [3.8, 4) is 0 Å².